The van der Waals surface area contributed by atoms with Crippen LogP contribution in [-0.4, -0.2) is 44.5 Å². The van der Waals surface area contributed by atoms with Crippen molar-refractivity contribution in [1.29, 1.82) is 0 Å². The highest BCUT2D eigenvalue weighted by atomic mass is 32.2. The monoisotopic (exact) mass is 387 g/mol. The van der Waals surface area contributed by atoms with E-state index in [0.29, 0.717) is 23.8 Å². The van der Waals surface area contributed by atoms with Gasteiger partial charge in [0.2, 0.25) is 10.0 Å². The molecule has 1 aromatic heterocycles. The number of anilines is 2. The van der Waals surface area contributed by atoms with Gasteiger partial charge in [0, 0.05) is 17.6 Å². The van der Waals surface area contributed by atoms with Crippen molar-refractivity contribution in [1.82, 2.24) is 14.9 Å². The molecule has 0 atom stereocenters. The van der Waals surface area contributed by atoms with E-state index in [9.17, 15) is 8.42 Å². The SMILES string of the molecule is COc1ccc2ncnc(Nc3cc(S(N)(=O)=O)ccc3CN(C)C)c2c1. The van der Waals surface area contributed by atoms with E-state index in [1.807, 2.05) is 37.2 Å². The first-order chi connectivity index (χ1) is 12.8. The van der Waals surface area contributed by atoms with Gasteiger partial charge in [0.15, 0.2) is 0 Å². The summed E-state index contributed by atoms with van der Waals surface area (Å²) in [6.45, 7) is 0.611. The summed E-state index contributed by atoms with van der Waals surface area (Å²) in [6, 6.07) is 10.2. The zero-order valence-corrected chi connectivity index (χ0v) is 16.1. The van der Waals surface area contributed by atoms with Crippen molar-refractivity contribution in [2.45, 2.75) is 11.4 Å². The molecule has 9 heteroatoms. The van der Waals surface area contributed by atoms with Crippen LogP contribution >= 0.6 is 0 Å². The topological polar surface area (TPSA) is 110 Å². The molecule has 1 heterocycles. The van der Waals surface area contributed by atoms with E-state index >= 15 is 0 Å². The average molecular weight is 387 g/mol. The molecule has 3 rings (SSSR count). The van der Waals surface area contributed by atoms with Crippen LogP contribution in [0.5, 0.6) is 5.75 Å². The molecule has 0 bridgehead atoms. The Labute approximate surface area is 158 Å². The van der Waals surface area contributed by atoms with Crippen LogP contribution in [0.3, 0.4) is 0 Å². The van der Waals surface area contributed by atoms with Crippen LogP contribution < -0.4 is 15.2 Å². The van der Waals surface area contributed by atoms with Crippen LogP contribution in [0.4, 0.5) is 11.5 Å². The Hall–Kier alpha value is -2.75. The Morgan fingerprint density at radius 1 is 1.15 bits per heavy atom. The minimum absolute atomic E-state index is 0.0310. The van der Waals surface area contributed by atoms with Crippen molar-refractivity contribution in [3.05, 3.63) is 48.3 Å². The third-order valence-electron chi connectivity index (χ3n) is 3.99. The van der Waals surface area contributed by atoms with Crippen LogP contribution in [0, 0.1) is 0 Å². The number of nitrogens with one attached hydrogen (secondary N) is 1. The van der Waals surface area contributed by atoms with Gasteiger partial charge in [-0.1, -0.05) is 6.07 Å². The average Bonchev–Trinajstić information content (AvgIpc) is 2.61. The minimum Gasteiger partial charge on any atom is -0.497 e. The van der Waals surface area contributed by atoms with Gasteiger partial charge in [-0.15, -0.1) is 0 Å². The number of sulfonamides is 1. The Balaban J connectivity index is 2.12. The molecule has 0 fully saturated rings. The van der Waals surface area contributed by atoms with Gasteiger partial charge in [-0.3, -0.25) is 0 Å². The second kappa shape index (κ2) is 7.47. The fourth-order valence-electron chi connectivity index (χ4n) is 2.72. The van der Waals surface area contributed by atoms with E-state index in [1.165, 1.54) is 18.5 Å². The molecule has 0 aliphatic heterocycles. The number of hydrogen-bond acceptors (Lipinski definition) is 7. The fraction of sp³-hybridized carbons (Fsp3) is 0.222. The lowest BCUT2D eigenvalue weighted by Crippen LogP contribution is -2.15. The quantitative estimate of drug-likeness (QED) is 0.666. The summed E-state index contributed by atoms with van der Waals surface area (Å²) < 4.78 is 28.8. The van der Waals surface area contributed by atoms with Crippen LogP contribution in [0.15, 0.2) is 47.6 Å². The summed E-state index contributed by atoms with van der Waals surface area (Å²) in [5.74, 6) is 1.22. The second-order valence-electron chi connectivity index (χ2n) is 6.33. The molecule has 2 aromatic carbocycles. The highest BCUT2D eigenvalue weighted by molar-refractivity contribution is 7.89. The number of nitrogens with two attached hydrogens (primary N) is 1. The molecule has 142 valence electrons. The molecule has 3 N–H and O–H groups in total. The standard InChI is InChI=1S/C18H21N5O3S/c1-23(2)10-12-4-6-14(27(19,24)25)9-17(12)22-18-15-8-13(26-3)5-7-16(15)20-11-21-18/h4-9,11H,10H2,1-3H3,(H2,19,24,25)(H,20,21,22). The molecule has 0 amide bonds. The Morgan fingerprint density at radius 2 is 1.93 bits per heavy atom. The summed E-state index contributed by atoms with van der Waals surface area (Å²) in [4.78, 5) is 10.6. The number of rotatable bonds is 6. The fourth-order valence-corrected chi connectivity index (χ4v) is 3.26. The molecule has 8 nitrogen and oxygen atoms in total. The van der Waals surface area contributed by atoms with Crippen molar-refractivity contribution >= 4 is 32.4 Å². The predicted octanol–water partition coefficient (Wildman–Crippen LogP) is 2.09. The first kappa shape index (κ1) is 19.0. The molecular weight excluding hydrogens is 366 g/mol. The van der Waals surface area contributed by atoms with Crippen LogP contribution in [0.1, 0.15) is 5.56 Å². The van der Waals surface area contributed by atoms with Gasteiger partial charge < -0.3 is 15.0 Å². The van der Waals surface area contributed by atoms with E-state index < -0.39 is 10.0 Å². The number of fused-ring (bicyclic) bond motifs is 1. The summed E-state index contributed by atoms with van der Waals surface area (Å²) in [5, 5.41) is 9.28. The summed E-state index contributed by atoms with van der Waals surface area (Å²) in [5.41, 5.74) is 2.25. The lowest BCUT2D eigenvalue weighted by atomic mass is 10.1. The van der Waals surface area contributed by atoms with E-state index in [1.54, 1.807) is 13.2 Å². The third-order valence-corrected chi connectivity index (χ3v) is 4.90. The molecule has 0 spiro atoms. The highest BCUT2D eigenvalue weighted by Gasteiger charge is 2.14. The molecule has 0 radical (unpaired) electrons. The van der Waals surface area contributed by atoms with Crippen LogP contribution in [0.2, 0.25) is 0 Å². The van der Waals surface area contributed by atoms with Crippen LogP contribution in [-0.2, 0) is 16.6 Å². The van der Waals surface area contributed by atoms with E-state index in [-0.39, 0.29) is 4.90 Å². The van der Waals surface area contributed by atoms with Crippen molar-refractivity contribution in [2.24, 2.45) is 5.14 Å². The number of ether oxygens (including phenoxy) is 1. The van der Waals surface area contributed by atoms with Gasteiger partial charge >= 0.3 is 0 Å². The number of nitrogens with zero attached hydrogens (tertiary/aromatic N) is 3. The van der Waals surface area contributed by atoms with Gasteiger partial charge in [-0.2, -0.15) is 0 Å². The molecule has 0 saturated carbocycles. The van der Waals surface area contributed by atoms with Gasteiger partial charge in [0.05, 0.1) is 17.5 Å². The summed E-state index contributed by atoms with van der Waals surface area (Å²) in [6.07, 6.45) is 1.45. The summed E-state index contributed by atoms with van der Waals surface area (Å²) in [7, 11) is 1.63. The lowest BCUT2D eigenvalue weighted by molar-refractivity contribution is 0.403. The number of benzene rings is 2. The normalized spacial score (nSPS) is 11.7. The predicted molar refractivity (Wildman–Crippen MR) is 105 cm³/mol. The van der Waals surface area contributed by atoms with Crippen molar-refractivity contribution in [3.63, 3.8) is 0 Å². The maximum absolute atomic E-state index is 11.8. The maximum Gasteiger partial charge on any atom is 0.238 e. The van der Waals surface area contributed by atoms with E-state index in [0.717, 1.165) is 16.5 Å². The maximum atomic E-state index is 11.8. The lowest BCUT2D eigenvalue weighted by Gasteiger charge is -2.17. The Kier molecular flexibility index (Phi) is 5.26. The number of hydrogen-bond donors (Lipinski definition) is 2. The smallest absolute Gasteiger partial charge is 0.238 e. The van der Waals surface area contributed by atoms with Crippen molar-refractivity contribution < 1.29 is 13.2 Å². The highest BCUT2D eigenvalue weighted by Crippen LogP contribution is 2.29. The number of aromatic nitrogens is 2. The second-order valence-corrected chi connectivity index (χ2v) is 7.89. The van der Waals surface area contributed by atoms with E-state index in [2.05, 4.69) is 15.3 Å². The van der Waals surface area contributed by atoms with Gasteiger partial charge in [-0.05, 0) is 50.0 Å². The first-order valence-electron chi connectivity index (χ1n) is 8.14. The largest absolute Gasteiger partial charge is 0.497 e. The van der Waals surface area contributed by atoms with Crippen molar-refractivity contribution in [3.8, 4) is 5.75 Å². The molecule has 27 heavy (non-hydrogen) atoms. The minimum atomic E-state index is -3.82. The first-order valence-corrected chi connectivity index (χ1v) is 9.69. The Morgan fingerprint density at radius 3 is 2.59 bits per heavy atom. The van der Waals surface area contributed by atoms with Crippen LogP contribution in [0.25, 0.3) is 10.9 Å². The molecule has 0 unspecified atom stereocenters. The number of methoxy groups -OCH3 is 1. The van der Waals surface area contributed by atoms with Gasteiger partial charge in [0.1, 0.15) is 17.9 Å². The Bertz CT molecular complexity index is 1080. The van der Waals surface area contributed by atoms with Gasteiger partial charge in [-0.25, -0.2) is 23.5 Å². The van der Waals surface area contributed by atoms with Crippen molar-refractivity contribution in [2.75, 3.05) is 26.5 Å². The van der Waals surface area contributed by atoms with Gasteiger partial charge in [0.25, 0.3) is 0 Å². The zero-order chi connectivity index (χ0) is 19.6. The molecular formula is C18H21N5O3S. The molecule has 0 saturated heterocycles. The summed E-state index contributed by atoms with van der Waals surface area (Å²) >= 11 is 0. The number of primary sulfonamides is 1. The third kappa shape index (κ3) is 4.33. The molecule has 0 aliphatic rings. The van der Waals surface area contributed by atoms with E-state index in [4.69, 9.17) is 9.88 Å². The molecule has 3 aromatic rings. The zero-order valence-electron chi connectivity index (χ0n) is 15.3. The molecule has 0 aliphatic carbocycles.